The van der Waals surface area contributed by atoms with Crippen LogP contribution in [-0.2, 0) is 6.54 Å². The third kappa shape index (κ3) is 3.78. The first-order chi connectivity index (χ1) is 9.31. The molecule has 3 heteroatoms. The Balaban J connectivity index is 1.46. The number of aliphatic hydroxyl groups is 1. The number of likely N-dealkylation sites (tertiary alicyclic amines) is 1. The van der Waals surface area contributed by atoms with Crippen molar-refractivity contribution < 1.29 is 5.11 Å². The van der Waals surface area contributed by atoms with E-state index in [2.05, 4.69) is 34.5 Å². The number of piperidine rings is 1. The van der Waals surface area contributed by atoms with Crippen LogP contribution in [-0.4, -0.2) is 41.8 Å². The lowest BCUT2D eigenvalue weighted by Gasteiger charge is -2.36. The van der Waals surface area contributed by atoms with Crippen LogP contribution in [0.5, 0.6) is 0 Å². The van der Waals surface area contributed by atoms with Crippen molar-refractivity contribution in [2.75, 3.05) is 19.6 Å². The van der Waals surface area contributed by atoms with Crippen LogP contribution >= 0.6 is 0 Å². The first-order valence-corrected chi connectivity index (χ1v) is 7.49. The molecule has 19 heavy (non-hydrogen) atoms. The number of benzene rings is 1. The maximum atomic E-state index is 10.3. The van der Waals surface area contributed by atoms with Crippen LogP contribution in [0.25, 0.3) is 0 Å². The fraction of sp³-hybridized carbons (Fsp3) is 0.625. The monoisotopic (exact) mass is 260 g/mol. The molecule has 0 bridgehead atoms. The van der Waals surface area contributed by atoms with Gasteiger partial charge in [-0.3, -0.25) is 4.90 Å². The Kier molecular flexibility index (Phi) is 4.16. The van der Waals surface area contributed by atoms with E-state index in [4.69, 9.17) is 0 Å². The molecule has 0 aromatic heterocycles. The number of rotatable bonds is 5. The van der Waals surface area contributed by atoms with Gasteiger partial charge in [-0.1, -0.05) is 30.3 Å². The zero-order valence-electron chi connectivity index (χ0n) is 11.5. The van der Waals surface area contributed by atoms with Crippen LogP contribution in [0, 0.1) is 5.92 Å². The predicted molar refractivity (Wildman–Crippen MR) is 76.9 cm³/mol. The van der Waals surface area contributed by atoms with E-state index in [1.54, 1.807) is 0 Å². The minimum atomic E-state index is -0.177. The third-order valence-electron chi connectivity index (χ3n) is 4.30. The second-order valence-corrected chi connectivity index (χ2v) is 6.02. The van der Waals surface area contributed by atoms with Crippen molar-refractivity contribution in [1.82, 2.24) is 10.2 Å². The summed E-state index contributed by atoms with van der Waals surface area (Å²) >= 11 is 0. The van der Waals surface area contributed by atoms with Gasteiger partial charge in [0.2, 0.25) is 0 Å². The van der Waals surface area contributed by atoms with Crippen LogP contribution in [0.15, 0.2) is 30.3 Å². The molecule has 2 fully saturated rings. The lowest BCUT2D eigenvalue weighted by Crippen LogP contribution is -2.46. The molecule has 0 spiro atoms. The van der Waals surface area contributed by atoms with E-state index in [1.807, 2.05) is 6.07 Å². The Labute approximate surface area is 115 Å². The number of β-amino-alcohol motifs (C(OH)–C–C–N with tert-alkyl or cyclic N) is 1. The van der Waals surface area contributed by atoms with E-state index in [1.165, 1.54) is 18.4 Å². The van der Waals surface area contributed by atoms with Crippen LogP contribution in [0.4, 0.5) is 0 Å². The molecule has 2 atom stereocenters. The maximum absolute atomic E-state index is 10.3. The van der Waals surface area contributed by atoms with Crippen molar-refractivity contribution in [2.45, 2.75) is 38.0 Å². The summed E-state index contributed by atoms with van der Waals surface area (Å²) in [7, 11) is 0. The van der Waals surface area contributed by atoms with Crippen molar-refractivity contribution in [1.29, 1.82) is 0 Å². The van der Waals surface area contributed by atoms with Gasteiger partial charge in [-0.15, -0.1) is 0 Å². The van der Waals surface area contributed by atoms with E-state index < -0.39 is 0 Å². The van der Waals surface area contributed by atoms with E-state index in [-0.39, 0.29) is 6.10 Å². The van der Waals surface area contributed by atoms with Gasteiger partial charge >= 0.3 is 0 Å². The summed E-state index contributed by atoms with van der Waals surface area (Å²) < 4.78 is 0. The summed E-state index contributed by atoms with van der Waals surface area (Å²) in [6.07, 6.45) is 3.57. The smallest absolute Gasteiger partial charge is 0.0707 e. The largest absolute Gasteiger partial charge is 0.391 e. The molecule has 0 unspecified atom stereocenters. The van der Waals surface area contributed by atoms with Crippen LogP contribution < -0.4 is 5.32 Å². The second-order valence-electron chi connectivity index (χ2n) is 6.02. The number of hydrogen-bond donors (Lipinski definition) is 2. The molecular formula is C16H24N2O. The quantitative estimate of drug-likeness (QED) is 0.844. The molecule has 1 aliphatic heterocycles. The molecule has 3 nitrogen and oxygen atoms in total. The molecule has 2 N–H and O–H groups in total. The minimum absolute atomic E-state index is 0.177. The molecule has 1 aromatic rings. The summed E-state index contributed by atoms with van der Waals surface area (Å²) in [5, 5.41) is 13.8. The highest BCUT2D eigenvalue weighted by atomic mass is 16.3. The summed E-state index contributed by atoms with van der Waals surface area (Å²) in [6, 6.07) is 11.3. The van der Waals surface area contributed by atoms with E-state index >= 15 is 0 Å². The number of aliphatic hydroxyl groups excluding tert-OH is 1. The van der Waals surface area contributed by atoms with Crippen molar-refractivity contribution in [2.24, 2.45) is 5.92 Å². The van der Waals surface area contributed by atoms with Crippen molar-refractivity contribution in [3.8, 4) is 0 Å². The third-order valence-corrected chi connectivity index (χ3v) is 4.30. The fourth-order valence-electron chi connectivity index (χ4n) is 2.87. The molecule has 1 aromatic carbocycles. The molecule has 2 aliphatic rings. The number of hydrogen-bond acceptors (Lipinski definition) is 3. The van der Waals surface area contributed by atoms with E-state index in [9.17, 15) is 5.11 Å². The first kappa shape index (κ1) is 13.1. The fourth-order valence-corrected chi connectivity index (χ4v) is 2.87. The SMILES string of the molecule is O[C@@H]1CN(Cc2ccccc2)CC[C@H]1CNC1CC1. The highest BCUT2D eigenvalue weighted by Crippen LogP contribution is 2.22. The molecule has 0 amide bonds. The molecular weight excluding hydrogens is 236 g/mol. The van der Waals surface area contributed by atoms with Gasteiger partial charge in [0.05, 0.1) is 6.10 Å². The molecule has 1 saturated carbocycles. The number of nitrogens with zero attached hydrogens (tertiary/aromatic N) is 1. The van der Waals surface area contributed by atoms with Gasteiger partial charge in [-0.2, -0.15) is 0 Å². The zero-order valence-corrected chi connectivity index (χ0v) is 11.5. The highest BCUT2D eigenvalue weighted by Gasteiger charge is 2.29. The van der Waals surface area contributed by atoms with Crippen molar-refractivity contribution in [3.05, 3.63) is 35.9 Å². The number of nitrogens with one attached hydrogen (secondary N) is 1. The average molecular weight is 260 g/mol. The maximum Gasteiger partial charge on any atom is 0.0707 e. The molecule has 1 aliphatic carbocycles. The minimum Gasteiger partial charge on any atom is -0.391 e. The first-order valence-electron chi connectivity index (χ1n) is 7.49. The lowest BCUT2D eigenvalue weighted by atomic mass is 9.93. The van der Waals surface area contributed by atoms with E-state index in [0.717, 1.165) is 38.6 Å². The summed E-state index contributed by atoms with van der Waals surface area (Å²) in [4.78, 5) is 2.37. The van der Waals surface area contributed by atoms with Crippen LogP contribution in [0.1, 0.15) is 24.8 Å². The van der Waals surface area contributed by atoms with Gasteiger partial charge in [0, 0.05) is 25.7 Å². The van der Waals surface area contributed by atoms with Crippen molar-refractivity contribution >= 4 is 0 Å². The zero-order chi connectivity index (χ0) is 13.1. The lowest BCUT2D eigenvalue weighted by molar-refractivity contribution is 0.0188. The summed E-state index contributed by atoms with van der Waals surface area (Å²) in [5.74, 6) is 0.438. The molecule has 0 radical (unpaired) electrons. The van der Waals surface area contributed by atoms with Gasteiger partial charge in [0.1, 0.15) is 0 Å². The van der Waals surface area contributed by atoms with E-state index in [0.29, 0.717) is 5.92 Å². The van der Waals surface area contributed by atoms with Gasteiger partial charge in [-0.25, -0.2) is 0 Å². The summed E-state index contributed by atoms with van der Waals surface area (Å²) in [6.45, 7) is 3.86. The highest BCUT2D eigenvalue weighted by molar-refractivity contribution is 5.14. The van der Waals surface area contributed by atoms with Crippen LogP contribution in [0.2, 0.25) is 0 Å². The Hall–Kier alpha value is -0.900. The van der Waals surface area contributed by atoms with Gasteiger partial charge in [-0.05, 0) is 37.3 Å². The second kappa shape index (κ2) is 6.04. The summed E-state index contributed by atoms with van der Waals surface area (Å²) in [5.41, 5.74) is 1.34. The average Bonchev–Trinajstić information content (AvgIpc) is 3.23. The van der Waals surface area contributed by atoms with Crippen LogP contribution in [0.3, 0.4) is 0 Å². The standard InChI is InChI=1S/C16H24N2O/c19-16-12-18(11-13-4-2-1-3-5-13)9-8-14(16)10-17-15-6-7-15/h1-5,14-17,19H,6-12H2/t14-,16+/m0/s1. The Bertz CT molecular complexity index is 391. The van der Waals surface area contributed by atoms with Gasteiger partial charge < -0.3 is 10.4 Å². The molecule has 104 valence electrons. The predicted octanol–water partition coefficient (Wildman–Crippen LogP) is 1.62. The Morgan fingerprint density at radius 2 is 1.95 bits per heavy atom. The molecule has 3 rings (SSSR count). The topological polar surface area (TPSA) is 35.5 Å². The normalized spacial score (nSPS) is 28.5. The Morgan fingerprint density at radius 1 is 1.16 bits per heavy atom. The van der Waals surface area contributed by atoms with Gasteiger partial charge in [0.25, 0.3) is 0 Å². The molecule has 1 heterocycles. The van der Waals surface area contributed by atoms with Gasteiger partial charge in [0.15, 0.2) is 0 Å². The molecule has 1 saturated heterocycles. The van der Waals surface area contributed by atoms with Crippen molar-refractivity contribution in [3.63, 3.8) is 0 Å². The Morgan fingerprint density at radius 3 is 2.63 bits per heavy atom.